The molecule has 0 atom stereocenters. The molecule has 0 aliphatic heterocycles. The molecule has 0 aliphatic rings. The fourth-order valence-electron chi connectivity index (χ4n) is 1.41. The summed E-state index contributed by atoms with van der Waals surface area (Å²) in [6.45, 7) is 5.15. The number of anilines is 1. The van der Waals surface area contributed by atoms with Crippen LogP contribution in [-0.4, -0.2) is 29.9 Å². The number of aliphatic hydroxyl groups is 2. The number of aliphatic hydroxyl groups excluding tert-OH is 2. The van der Waals surface area contributed by atoms with Crippen molar-refractivity contribution in [2.24, 2.45) is 0 Å². The highest BCUT2D eigenvalue weighted by Crippen LogP contribution is 2.14. The molecular weight excluding hydrogens is 190 g/mol. The molecule has 0 aromatic heterocycles. The minimum absolute atomic E-state index is 0.0573. The molecule has 3 nitrogen and oxygen atoms in total. The van der Waals surface area contributed by atoms with Crippen molar-refractivity contribution in [2.45, 2.75) is 6.61 Å². The number of rotatable bonds is 6. The largest absolute Gasteiger partial charge is 0.395 e. The molecule has 0 heterocycles. The van der Waals surface area contributed by atoms with Gasteiger partial charge in [0.25, 0.3) is 0 Å². The van der Waals surface area contributed by atoms with Crippen LogP contribution in [0.25, 0.3) is 0 Å². The van der Waals surface area contributed by atoms with E-state index in [0.717, 1.165) is 11.3 Å². The molecule has 0 fully saturated rings. The van der Waals surface area contributed by atoms with Crippen LogP contribution in [0.1, 0.15) is 5.56 Å². The minimum Gasteiger partial charge on any atom is -0.395 e. The summed E-state index contributed by atoms with van der Waals surface area (Å²) in [6, 6.07) is 7.63. The van der Waals surface area contributed by atoms with Crippen LogP contribution in [0.5, 0.6) is 0 Å². The summed E-state index contributed by atoms with van der Waals surface area (Å²) in [5.74, 6) is 0. The van der Waals surface area contributed by atoms with Crippen molar-refractivity contribution in [3.63, 3.8) is 0 Å². The van der Waals surface area contributed by atoms with E-state index < -0.39 is 0 Å². The molecule has 15 heavy (non-hydrogen) atoms. The summed E-state index contributed by atoms with van der Waals surface area (Å²) in [4.78, 5) is 2.02. The first-order chi connectivity index (χ1) is 7.31. The molecule has 0 spiro atoms. The van der Waals surface area contributed by atoms with Crippen molar-refractivity contribution in [3.05, 3.63) is 42.5 Å². The van der Waals surface area contributed by atoms with Crippen LogP contribution in [0, 0.1) is 0 Å². The number of hydrogen-bond acceptors (Lipinski definition) is 3. The van der Waals surface area contributed by atoms with E-state index in [0.29, 0.717) is 13.1 Å². The average molecular weight is 207 g/mol. The van der Waals surface area contributed by atoms with Crippen LogP contribution in [-0.2, 0) is 6.61 Å². The maximum Gasteiger partial charge on any atom is 0.0681 e. The standard InChI is InChI=1S/C12H17NO2/c1-2-7-13(8-9-14)12-5-3-11(10-15)4-6-12/h2-6,14-15H,1,7-10H2. The third-order valence-corrected chi connectivity index (χ3v) is 2.20. The van der Waals surface area contributed by atoms with E-state index in [4.69, 9.17) is 10.2 Å². The normalized spacial score (nSPS) is 10.0. The van der Waals surface area contributed by atoms with Gasteiger partial charge in [0.15, 0.2) is 0 Å². The van der Waals surface area contributed by atoms with Gasteiger partial charge in [0.1, 0.15) is 0 Å². The van der Waals surface area contributed by atoms with E-state index in [2.05, 4.69) is 6.58 Å². The van der Waals surface area contributed by atoms with Gasteiger partial charge in [0, 0.05) is 18.8 Å². The molecule has 0 saturated carbocycles. The van der Waals surface area contributed by atoms with Crippen molar-refractivity contribution in [2.75, 3.05) is 24.6 Å². The van der Waals surface area contributed by atoms with Crippen LogP contribution < -0.4 is 4.90 Å². The van der Waals surface area contributed by atoms with E-state index in [1.165, 1.54) is 0 Å². The summed E-state index contributed by atoms with van der Waals surface area (Å²) < 4.78 is 0. The van der Waals surface area contributed by atoms with E-state index in [9.17, 15) is 0 Å². The van der Waals surface area contributed by atoms with Crippen LogP contribution in [0.2, 0.25) is 0 Å². The Bertz CT molecular complexity index is 295. The van der Waals surface area contributed by atoms with Gasteiger partial charge in [0.2, 0.25) is 0 Å². The van der Waals surface area contributed by atoms with Gasteiger partial charge in [0.05, 0.1) is 13.2 Å². The average Bonchev–Trinajstić information content (AvgIpc) is 2.29. The Morgan fingerprint density at radius 3 is 2.33 bits per heavy atom. The van der Waals surface area contributed by atoms with Crippen molar-refractivity contribution in [3.8, 4) is 0 Å². The molecule has 3 heteroatoms. The Morgan fingerprint density at radius 2 is 1.87 bits per heavy atom. The number of nitrogens with zero attached hydrogens (tertiary/aromatic N) is 1. The van der Waals surface area contributed by atoms with Gasteiger partial charge in [-0.3, -0.25) is 0 Å². The predicted octanol–water partition coefficient (Wildman–Crippen LogP) is 1.16. The first kappa shape index (κ1) is 11.8. The molecule has 82 valence electrons. The molecule has 0 radical (unpaired) electrons. The lowest BCUT2D eigenvalue weighted by atomic mass is 10.2. The van der Waals surface area contributed by atoms with Crippen LogP contribution in [0.3, 0.4) is 0 Å². The summed E-state index contributed by atoms with van der Waals surface area (Å²) in [6.07, 6.45) is 1.80. The Labute approximate surface area is 90.3 Å². The number of benzene rings is 1. The Morgan fingerprint density at radius 1 is 1.20 bits per heavy atom. The Kier molecular flexibility index (Phi) is 4.87. The van der Waals surface area contributed by atoms with Crippen molar-refractivity contribution < 1.29 is 10.2 Å². The van der Waals surface area contributed by atoms with Crippen molar-refractivity contribution >= 4 is 5.69 Å². The summed E-state index contributed by atoms with van der Waals surface area (Å²) in [5.41, 5.74) is 1.92. The van der Waals surface area contributed by atoms with E-state index in [1.807, 2.05) is 29.2 Å². The molecule has 0 saturated heterocycles. The van der Waals surface area contributed by atoms with Gasteiger partial charge in [-0.1, -0.05) is 18.2 Å². The predicted molar refractivity (Wildman–Crippen MR) is 61.9 cm³/mol. The van der Waals surface area contributed by atoms with Crippen molar-refractivity contribution in [1.29, 1.82) is 0 Å². The molecule has 2 N–H and O–H groups in total. The molecule has 0 aliphatic carbocycles. The van der Waals surface area contributed by atoms with E-state index in [1.54, 1.807) is 6.08 Å². The van der Waals surface area contributed by atoms with E-state index >= 15 is 0 Å². The fourth-order valence-corrected chi connectivity index (χ4v) is 1.41. The third kappa shape index (κ3) is 3.38. The molecule has 0 unspecified atom stereocenters. The molecular formula is C12H17NO2. The molecule has 1 rings (SSSR count). The zero-order valence-corrected chi connectivity index (χ0v) is 8.76. The van der Waals surface area contributed by atoms with Gasteiger partial charge in [-0.15, -0.1) is 6.58 Å². The first-order valence-corrected chi connectivity index (χ1v) is 4.98. The molecule has 0 amide bonds. The van der Waals surface area contributed by atoms with E-state index in [-0.39, 0.29) is 13.2 Å². The Balaban J connectivity index is 2.76. The zero-order valence-electron chi connectivity index (χ0n) is 8.76. The topological polar surface area (TPSA) is 43.7 Å². The van der Waals surface area contributed by atoms with Gasteiger partial charge >= 0.3 is 0 Å². The van der Waals surface area contributed by atoms with Gasteiger partial charge in [-0.2, -0.15) is 0 Å². The maximum atomic E-state index is 8.91. The minimum atomic E-state index is 0.0573. The second-order valence-corrected chi connectivity index (χ2v) is 3.28. The maximum absolute atomic E-state index is 8.91. The lowest BCUT2D eigenvalue weighted by Crippen LogP contribution is -2.26. The quantitative estimate of drug-likeness (QED) is 0.688. The smallest absolute Gasteiger partial charge is 0.0681 e. The Hall–Kier alpha value is -1.32. The van der Waals surface area contributed by atoms with Gasteiger partial charge in [-0.05, 0) is 17.7 Å². The van der Waals surface area contributed by atoms with Crippen LogP contribution in [0.15, 0.2) is 36.9 Å². The number of hydrogen-bond donors (Lipinski definition) is 2. The molecule has 0 bridgehead atoms. The summed E-state index contributed by atoms with van der Waals surface area (Å²) >= 11 is 0. The van der Waals surface area contributed by atoms with Crippen molar-refractivity contribution in [1.82, 2.24) is 0 Å². The fraction of sp³-hybridized carbons (Fsp3) is 0.333. The summed E-state index contributed by atoms with van der Waals surface area (Å²) in [7, 11) is 0. The highest BCUT2D eigenvalue weighted by Gasteiger charge is 2.03. The second kappa shape index (κ2) is 6.22. The summed E-state index contributed by atoms with van der Waals surface area (Å²) in [5, 5.41) is 17.8. The third-order valence-electron chi connectivity index (χ3n) is 2.20. The molecule has 1 aromatic carbocycles. The lowest BCUT2D eigenvalue weighted by Gasteiger charge is -2.22. The van der Waals surface area contributed by atoms with Crippen LogP contribution in [0.4, 0.5) is 5.69 Å². The highest BCUT2D eigenvalue weighted by atomic mass is 16.3. The first-order valence-electron chi connectivity index (χ1n) is 4.98. The van der Waals surface area contributed by atoms with Gasteiger partial charge in [-0.25, -0.2) is 0 Å². The SMILES string of the molecule is C=CCN(CCO)c1ccc(CO)cc1. The van der Waals surface area contributed by atoms with Crippen LogP contribution >= 0.6 is 0 Å². The molecule has 1 aromatic rings. The zero-order chi connectivity index (χ0) is 11.1. The van der Waals surface area contributed by atoms with Gasteiger partial charge < -0.3 is 15.1 Å². The highest BCUT2D eigenvalue weighted by molar-refractivity contribution is 5.48. The second-order valence-electron chi connectivity index (χ2n) is 3.28. The monoisotopic (exact) mass is 207 g/mol. The lowest BCUT2D eigenvalue weighted by molar-refractivity contribution is 0.282.